The standard InChI is InChI=1S/C17H29N3O/c1-7-8-18-16-9-14(6)19-10-15(16)17(21)20(13(4)5)11-12(2)3/h9-10,12-13H,7-8,11H2,1-6H3,(H,18,19). The predicted molar refractivity (Wildman–Crippen MR) is 88.8 cm³/mol. The van der Waals surface area contributed by atoms with Gasteiger partial charge in [-0.2, -0.15) is 0 Å². The largest absolute Gasteiger partial charge is 0.384 e. The molecule has 0 aliphatic heterocycles. The third kappa shape index (κ3) is 5.03. The molecule has 21 heavy (non-hydrogen) atoms. The van der Waals surface area contributed by atoms with E-state index in [1.807, 2.05) is 17.9 Å². The Kier molecular flexibility index (Phi) is 6.66. The van der Waals surface area contributed by atoms with Crippen molar-refractivity contribution in [2.24, 2.45) is 5.92 Å². The summed E-state index contributed by atoms with van der Waals surface area (Å²) in [7, 11) is 0. The number of rotatable bonds is 7. The number of nitrogens with zero attached hydrogens (tertiary/aromatic N) is 2. The van der Waals surface area contributed by atoms with Crippen LogP contribution in [-0.4, -0.2) is 34.9 Å². The minimum Gasteiger partial charge on any atom is -0.384 e. The van der Waals surface area contributed by atoms with Crippen LogP contribution in [0.1, 0.15) is 57.1 Å². The molecule has 1 amide bonds. The summed E-state index contributed by atoms with van der Waals surface area (Å²) in [5.41, 5.74) is 2.48. The lowest BCUT2D eigenvalue weighted by Crippen LogP contribution is -2.39. The van der Waals surface area contributed by atoms with Gasteiger partial charge in [0, 0.05) is 31.0 Å². The van der Waals surface area contributed by atoms with Crippen LogP contribution in [0.15, 0.2) is 12.3 Å². The van der Waals surface area contributed by atoms with Crippen molar-refractivity contribution in [3.05, 3.63) is 23.5 Å². The van der Waals surface area contributed by atoms with E-state index in [-0.39, 0.29) is 11.9 Å². The first-order chi connectivity index (χ1) is 9.86. The zero-order valence-corrected chi connectivity index (χ0v) is 14.2. The van der Waals surface area contributed by atoms with E-state index in [9.17, 15) is 4.79 Å². The number of hydrogen-bond acceptors (Lipinski definition) is 3. The lowest BCUT2D eigenvalue weighted by Gasteiger charge is -2.29. The summed E-state index contributed by atoms with van der Waals surface area (Å²) in [4.78, 5) is 19.1. The summed E-state index contributed by atoms with van der Waals surface area (Å²) < 4.78 is 0. The van der Waals surface area contributed by atoms with Crippen LogP contribution < -0.4 is 5.32 Å². The van der Waals surface area contributed by atoms with E-state index in [0.29, 0.717) is 11.5 Å². The molecule has 0 aromatic carbocycles. The van der Waals surface area contributed by atoms with E-state index >= 15 is 0 Å². The average molecular weight is 291 g/mol. The van der Waals surface area contributed by atoms with Gasteiger partial charge in [0.05, 0.1) is 11.3 Å². The fourth-order valence-electron chi connectivity index (χ4n) is 2.21. The Labute approximate surface area is 129 Å². The van der Waals surface area contributed by atoms with Crippen molar-refractivity contribution in [3.8, 4) is 0 Å². The number of amides is 1. The fraction of sp³-hybridized carbons (Fsp3) is 0.647. The van der Waals surface area contributed by atoms with E-state index < -0.39 is 0 Å². The molecule has 1 aromatic heterocycles. The summed E-state index contributed by atoms with van der Waals surface area (Å²) in [5.74, 6) is 0.506. The van der Waals surface area contributed by atoms with E-state index in [0.717, 1.165) is 30.9 Å². The summed E-state index contributed by atoms with van der Waals surface area (Å²) in [6, 6.07) is 2.14. The highest BCUT2D eigenvalue weighted by Crippen LogP contribution is 2.20. The molecule has 0 bridgehead atoms. The van der Waals surface area contributed by atoms with E-state index in [1.54, 1.807) is 6.20 Å². The van der Waals surface area contributed by atoms with Gasteiger partial charge < -0.3 is 10.2 Å². The third-order valence-electron chi connectivity index (χ3n) is 3.28. The van der Waals surface area contributed by atoms with Crippen LogP contribution in [-0.2, 0) is 0 Å². The maximum Gasteiger partial charge on any atom is 0.257 e. The van der Waals surface area contributed by atoms with Gasteiger partial charge in [-0.25, -0.2) is 0 Å². The van der Waals surface area contributed by atoms with Gasteiger partial charge in [0.25, 0.3) is 5.91 Å². The Morgan fingerprint density at radius 3 is 2.52 bits per heavy atom. The molecule has 4 nitrogen and oxygen atoms in total. The number of nitrogens with one attached hydrogen (secondary N) is 1. The maximum atomic E-state index is 12.9. The van der Waals surface area contributed by atoms with Crippen LogP contribution >= 0.6 is 0 Å². The average Bonchev–Trinajstić information content (AvgIpc) is 2.41. The fourth-order valence-corrected chi connectivity index (χ4v) is 2.21. The summed E-state index contributed by atoms with van der Waals surface area (Å²) in [6.45, 7) is 14.1. The summed E-state index contributed by atoms with van der Waals surface area (Å²) >= 11 is 0. The molecule has 1 heterocycles. The van der Waals surface area contributed by atoms with Crippen molar-refractivity contribution in [1.29, 1.82) is 0 Å². The second kappa shape index (κ2) is 8.01. The van der Waals surface area contributed by atoms with Crippen LogP contribution in [0.25, 0.3) is 0 Å². The van der Waals surface area contributed by atoms with Crippen molar-refractivity contribution in [1.82, 2.24) is 9.88 Å². The molecule has 0 atom stereocenters. The second-order valence-corrected chi connectivity index (χ2v) is 6.24. The molecular formula is C17H29N3O. The minimum atomic E-state index is 0.0600. The van der Waals surface area contributed by atoms with Crippen LogP contribution in [0.5, 0.6) is 0 Å². The van der Waals surface area contributed by atoms with Gasteiger partial charge in [-0.15, -0.1) is 0 Å². The SMILES string of the molecule is CCCNc1cc(C)ncc1C(=O)N(CC(C)C)C(C)C. The van der Waals surface area contributed by atoms with Crippen molar-refractivity contribution >= 4 is 11.6 Å². The highest BCUT2D eigenvalue weighted by molar-refractivity contribution is 5.99. The molecular weight excluding hydrogens is 262 g/mol. The summed E-state index contributed by atoms with van der Waals surface area (Å²) in [6.07, 6.45) is 2.72. The lowest BCUT2D eigenvalue weighted by molar-refractivity contribution is 0.0682. The van der Waals surface area contributed by atoms with Gasteiger partial charge in [-0.3, -0.25) is 9.78 Å². The molecule has 0 saturated carbocycles. The molecule has 1 N–H and O–H groups in total. The second-order valence-electron chi connectivity index (χ2n) is 6.24. The lowest BCUT2D eigenvalue weighted by atomic mass is 10.1. The summed E-state index contributed by atoms with van der Waals surface area (Å²) in [5, 5.41) is 3.34. The normalized spacial score (nSPS) is 11.0. The predicted octanol–water partition coefficient (Wildman–Crippen LogP) is 3.72. The van der Waals surface area contributed by atoms with Crippen molar-refractivity contribution < 1.29 is 4.79 Å². The molecule has 0 aliphatic rings. The van der Waals surface area contributed by atoms with Crippen molar-refractivity contribution in [2.45, 2.75) is 54.0 Å². The smallest absolute Gasteiger partial charge is 0.257 e. The quantitative estimate of drug-likeness (QED) is 0.832. The number of aryl methyl sites for hydroxylation is 1. The van der Waals surface area contributed by atoms with Gasteiger partial charge in [0.15, 0.2) is 0 Å². The van der Waals surface area contributed by atoms with Gasteiger partial charge in [0.2, 0.25) is 0 Å². The van der Waals surface area contributed by atoms with Crippen LogP contribution in [0.2, 0.25) is 0 Å². The Morgan fingerprint density at radius 2 is 2.00 bits per heavy atom. The number of hydrogen-bond donors (Lipinski definition) is 1. The molecule has 0 unspecified atom stereocenters. The van der Waals surface area contributed by atoms with E-state index in [1.165, 1.54) is 0 Å². The van der Waals surface area contributed by atoms with Crippen LogP contribution in [0.4, 0.5) is 5.69 Å². The highest BCUT2D eigenvalue weighted by atomic mass is 16.2. The molecule has 4 heteroatoms. The Bertz CT molecular complexity index is 469. The van der Waals surface area contributed by atoms with Gasteiger partial charge >= 0.3 is 0 Å². The van der Waals surface area contributed by atoms with Crippen molar-refractivity contribution in [3.63, 3.8) is 0 Å². The van der Waals surface area contributed by atoms with E-state index in [4.69, 9.17) is 0 Å². The van der Waals surface area contributed by atoms with Gasteiger partial charge in [0.1, 0.15) is 0 Å². The topological polar surface area (TPSA) is 45.2 Å². The molecule has 0 saturated heterocycles. The van der Waals surface area contributed by atoms with Gasteiger partial charge in [-0.1, -0.05) is 20.8 Å². The monoisotopic (exact) mass is 291 g/mol. The number of carbonyl (C=O) groups is 1. The van der Waals surface area contributed by atoms with Crippen molar-refractivity contribution in [2.75, 3.05) is 18.4 Å². The Balaban J connectivity index is 3.08. The molecule has 118 valence electrons. The zero-order valence-electron chi connectivity index (χ0n) is 14.2. The highest BCUT2D eigenvalue weighted by Gasteiger charge is 2.22. The van der Waals surface area contributed by atoms with Crippen LogP contribution in [0, 0.1) is 12.8 Å². The Morgan fingerprint density at radius 1 is 1.33 bits per heavy atom. The number of anilines is 1. The molecule has 0 radical (unpaired) electrons. The van der Waals surface area contributed by atoms with Gasteiger partial charge in [-0.05, 0) is 39.2 Å². The zero-order chi connectivity index (χ0) is 16.0. The number of aromatic nitrogens is 1. The molecule has 0 aliphatic carbocycles. The number of carbonyl (C=O) groups excluding carboxylic acids is 1. The first-order valence-electron chi connectivity index (χ1n) is 7.88. The maximum absolute atomic E-state index is 12.9. The minimum absolute atomic E-state index is 0.0600. The van der Waals surface area contributed by atoms with E-state index in [2.05, 4.69) is 44.9 Å². The Hall–Kier alpha value is -1.58. The molecule has 1 rings (SSSR count). The molecule has 1 aromatic rings. The first kappa shape index (κ1) is 17.5. The molecule has 0 spiro atoms. The first-order valence-corrected chi connectivity index (χ1v) is 7.88. The molecule has 0 fully saturated rings. The van der Waals surface area contributed by atoms with Crippen LogP contribution in [0.3, 0.4) is 0 Å². The third-order valence-corrected chi connectivity index (χ3v) is 3.28. The number of pyridine rings is 1.